The number of hydrogen-bond donors (Lipinski definition) is 1. The van der Waals surface area contributed by atoms with Gasteiger partial charge in [-0.2, -0.15) is 10.2 Å². The van der Waals surface area contributed by atoms with Crippen LogP contribution >= 0.6 is 0 Å². The van der Waals surface area contributed by atoms with Crippen LogP contribution in [-0.2, 0) is 4.79 Å². The largest absolute Gasteiger partial charge is 0.494 e. The maximum absolute atomic E-state index is 12.2. The number of aromatic nitrogens is 2. The summed E-state index contributed by atoms with van der Waals surface area (Å²) < 4.78 is 7.54. The first-order valence-corrected chi connectivity index (χ1v) is 12.9. The average Bonchev–Trinajstić information content (AvgIpc) is 3.32. The van der Waals surface area contributed by atoms with Crippen LogP contribution in [-0.4, -0.2) is 28.5 Å². The summed E-state index contributed by atoms with van der Waals surface area (Å²) in [6, 6.07) is 17.9. The number of carbonyl (C=O) groups is 1. The number of ether oxygens (including phenoxy) is 1. The Morgan fingerprint density at radius 2 is 1.66 bits per heavy atom. The fraction of sp³-hybridized carbons (Fsp3) is 0.414. The van der Waals surface area contributed by atoms with Crippen molar-refractivity contribution in [1.29, 1.82) is 0 Å². The molecule has 6 heteroatoms. The van der Waals surface area contributed by atoms with Crippen LogP contribution in [0.25, 0.3) is 16.9 Å². The number of nitrogens with one attached hydrogen (secondary N) is 1. The van der Waals surface area contributed by atoms with Gasteiger partial charge in [-0.05, 0) is 49.2 Å². The Bertz CT molecular complexity index is 1040. The number of carbonyl (C=O) groups excluding carboxylic acids is 1. The molecule has 1 heterocycles. The molecule has 0 radical (unpaired) electrons. The highest BCUT2D eigenvalue weighted by molar-refractivity contribution is 5.89. The minimum absolute atomic E-state index is 0.0516. The predicted octanol–water partition coefficient (Wildman–Crippen LogP) is 6.92. The number of nitrogens with zero attached hydrogens (tertiary/aromatic N) is 3. The first-order valence-electron chi connectivity index (χ1n) is 12.9. The maximum atomic E-state index is 12.2. The number of para-hydroxylation sites is 1. The van der Waals surface area contributed by atoms with E-state index in [2.05, 4.69) is 24.4 Å². The van der Waals surface area contributed by atoms with E-state index in [4.69, 9.17) is 9.84 Å². The third-order valence-electron chi connectivity index (χ3n) is 5.76. The summed E-state index contributed by atoms with van der Waals surface area (Å²) >= 11 is 0. The van der Waals surface area contributed by atoms with Crippen LogP contribution < -0.4 is 10.2 Å². The van der Waals surface area contributed by atoms with E-state index in [1.807, 2.05) is 65.5 Å². The highest BCUT2D eigenvalue weighted by Gasteiger charge is 2.12. The lowest BCUT2D eigenvalue weighted by atomic mass is 10.1. The second-order valence-electron chi connectivity index (χ2n) is 8.75. The molecule has 3 rings (SSSR count). The van der Waals surface area contributed by atoms with E-state index in [-0.39, 0.29) is 5.91 Å². The van der Waals surface area contributed by atoms with Crippen LogP contribution in [0.3, 0.4) is 0 Å². The zero-order valence-electron chi connectivity index (χ0n) is 21.1. The SMILES string of the molecule is CCCCCCCCCC(=O)N/N=C/c1cn(-c2ccccc2)nc1-c1ccc(OCCC)cc1. The smallest absolute Gasteiger partial charge is 0.240 e. The van der Waals surface area contributed by atoms with Crippen molar-refractivity contribution in [2.24, 2.45) is 5.10 Å². The van der Waals surface area contributed by atoms with E-state index in [1.54, 1.807) is 6.21 Å². The Balaban J connectivity index is 1.64. The molecule has 35 heavy (non-hydrogen) atoms. The Labute approximate surface area is 209 Å². The quantitative estimate of drug-likeness (QED) is 0.148. The predicted molar refractivity (Wildman–Crippen MR) is 143 cm³/mol. The van der Waals surface area contributed by atoms with E-state index < -0.39 is 0 Å². The number of benzene rings is 2. The average molecular weight is 475 g/mol. The molecular weight excluding hydrogens is 436 g/mol. The van der Waals surface area contributed by atoms with Gasteiger partial charge in [0.25, 0.3) is 0 Å². The van der Waals surface area contributed by atoms with Crippen LogP contribution in [0.1, 0.15) is 77.2 Å². The zero-order chi connectivity index (χ0) is 24.7. The highest BCUT2D eigenvalue weighted by Crippen LogP contribution is 2.25. The first kappa shape index (κ1) is 26.2. The second kappa shape index (κ2) is 14.8. The Morgan fingerprint density at radius 3 is 2.37 bits per heavy atom. The van der Waals surface area contributed by atoms with Gasteiger partial charge in [0, 0.05) is 23.7 Å². The summed E-state index contributed by atoms with van der Waals surface area (Å²) in [4.78, 5) is 12.2. The van der Waals surface area contributed by atoms with Crippen LogP contribution in [0.2, 0.25) is 0 Å². The highest BCUT2D eigenvalue weighted by atomic mass is 16.5. The van der Waals surface area contributed by atoms with Gasteiger partial charge in [0.15, 0.2) is 0 Å². The molecule has 1 amide bonds. The van der Waals surface area contributed by atoms with Crippen molar-refractivity contribution in [3.63, 3.8) is 0 Å². The Kier molecular flexibility index (Phi) is 11.1. The third-order valence-corrected chi connectivity index (χ3v) is 5.76. The summed E-state index contributed by atoms with van der Waals surface area (Å²) in [7, 11) is 0. The molecule has 0 spiro atoms. The molecule has 0 atom stereocenters. The standard InChI is InChI=1S/C29H38N4O2/c1-3-5-6-7-8-9-13-16-28(34)31-30-22-25-23-33(26-14-11-10-12-15-26)32-29(25)24-17-19-27(20-18-24)35-21-4-2/h10-12,14-15,17-20,22-23H,3-9,13,16,21H2,1-2H3,(H,31,34)/b30-22+. The molecule has 1 N–H and O–H groups in total. The van der Waals surface area contributed by atoms with Gasteiger partial charge < -0.3 is 4.74 Å². The van der Waals surface area contributed by atoms with Crippen molar-refractivity contribution >= 4 is 12.1 Å². The van der Waals surface area contributed by atoms with Crippen LogP contribution in [0.15, 0.2) is 65.9 Å². The lowest BCUT2D eigenvalue weighted by molar-refractivity contribution is -0.121. The maximum Gasteiger partial charge on any atom is 0.240 e. The van der Waals surface area contributed by atoms with Gasteiger partial charge in [-0.25, -0.2) is 10.1 Å². The topological polar surface area (TPSA) is 68.5 Å². The van der Waals surface area contributed by atoms with Crippen molar-refractivity contribution < 1.29 is 9.53 Å². The summed E-state index contributed by atoms with van der Waals surface area (Å²) in [5.74, 6) is 0.787. The van der Waals surface area contributed by atoms with Crippen molar-refractivity contribution in [3.8, 4) is 22.7 Å². The molecule has 0 bridgehead atoms. The minimum Gasteiger partial charge on any atom is -0.494 e. The van der Waals surface area contributed by atoms with Gasteiger partial charge >= 0.3 is 0 Å². The number of unbranched alkanes of at least 4 members (excludes halogenated alkanes) is 6. The monoisotopic (exact) mass is 474 g/mol. The number of hydrazone groups is 1. The fourth-order valence-electron chi connectivity index (χ4n) is 3.82. The Morgan fingerprint density at radius 1 is 0.943 bits per heavy atom. The zero-order valence-corrected chi connectivity index (χ0v) is 21.1. The van der Waals surface area contributed by atoms with E-state index in [9.17, 15) is 4.79 Å². The first-order chi connectivity index (χ1) is 17.2. The molecule has 0 saturated heterocycles. The van der Waals surface area contributed by atoms with Crippen LogP contribution in [0.4, 0.5) is 0 Å². The number of rotatable bonds is 15. The normalized spacial score (nSPS) is 11.1. The van der Waals surface area contributed by atoms with Gasteiger partial charge in [0.1, 0.15) is 11.4 Å². The van der Waals surface area contributed by atoms with Gasteiger partial charge in [0.2, 0.25) is 5.91 Å². The van der Waals surface area contributed by atoms with Crippen LogP contribution in [0.5, 0.6) is 5.75 Å². The van der Waals surface area contributed by atoms with Crippen molar-refractivity contribution in [2.45, 2.75) is 71.6 Å². The van der Waals surface area contributed by atoms with E-state index in [0.717, 1.165) is 47.5 Å². The van der Waals surface area contributed by atoms with Gasteiger partial charge in [-0.3, -0.25) is 4.79 Å². The minimum atomic E-state index is -0.0516. The number of amides is 1. The van der Waals surface area contributed by atoms with Crippen molar-refractivity contribution in [1.82, 2.24) is 15.2 Å². The van der Waals surface area contributed by atoms with Gasteiger partial charge in [0.05, 0.1) is 18.5 Å². The Hall–Kier alpha value is -3.41. The molecule has 3 aromatic rings. The summed E-state index contributed by atoms with van der Waals surface area (Å²) in [6.45, 7) is 5.00. The fourth-order valence-corrected chi connectivity index (χ4v) is 3.82. The second-order valence-corrected chi connectivity index (χ2v) is 8.75. The molecule has 2 aromatic carbocycles. The van der Waals surface area contributed by atoms with E-state index in [0.29, 0.717) is 13.0 Å². The lowest BCUT2D eigenvalue weighted by Crippen LogP contribution is -2.16. The summed E-state index contributed by atoms with van der Waals surface area (Å²) in [6.07, 6.45) is 13.4. The van der Waals surface area contributed by atoms with Gasteiger partial charge in [-0.15, -0.1) is 0 Å². The molecule has 6 nitrogen and oxygen atoms in total. The molecule has 0 fully saturated rings. The van der Waals surface area contributed by atoms with E-state index in [1.165, 1.54) is 32.1 Å². The van der Waals surface area contributed by atoms with Crippen molar-refractivity contribution in [2.75, 3.05) is 6.61 Å². The van der Waals surface area contributed by atoms with Crippen molar-refractivity contribution in [3.05, 3.63) is 66.4 Å². The summed E-state index contributed by atoms with van der Waals surface area (Å²) in [5, 5.41) is 9.03. The molecule has 0 aliphatic rings. The molecule has 0 saturated carbocycles. The van der Waals surface area contributed by atoms with Gasteiger partial charge in [-0.1, -0.05) is 70.6 Å². The number of hydrogen-bond acceptors (Lipinski definition) is 4. The lowest BCUT2D eigenvalue weighted by Gasteiger charge is -2.05. The molecule has 1 aromatic heterocycles. The summed E-state index contributed by atoms with van der Waals surface area (Å²) in [5.41, 5.74) is 6.21. The molecular formula is C29H38N4O2. The van der Waals surface area contributed by atoms with E-state index >= 15 is 0 Å². The molecule has 0 unspecified atom stereocenters. The molecule has 0 aliphatic heterocycles. The van der Waals surface area contributed by atoms with Crippen LogP contribution in [0, 0.1) is 0 Å². The molecule has 186 valence electrons. The molecule has 0 aliphatic carbocycles. The third kappa shape index (κ3) is 8.71.